The monoisotopic (exact) mass is 279 g/mol. The number of halogens is 1. The molecule has 19 heavy (non-hydrogen) atoms. The van der Waals surface area contributed by atoms with Crippen molar-refractivity contribution in [3.63, 3.8) is 0 Å². The second kappa shape index (κ2) is 4.85. The average molecular weight is 280 g/mol. The van der Waals surface area contributed by atoms with Gasteiger partial charge in [0.15, 0.2) is 5.92 Å². The van der Waals surface area contributed by atoms with Crippen molar-refractivity contribution >= 4 is 34.4 Å². The summed E-state index contributed by atoms with van der Waals surface area (Å²) < 4.78 is 0. The van der Waals surface area contributed by atoms with Gasteiger partial charge in [-0.05, 0) is 30.7 Å². The van der Waals surface area contributed by atoms with Crippen molar-refractivity contribution in [3.05, 3.63) is 40.5 Å². The first-order valence-electron chi connectivity index (χ1n) is 5.42. The molecule has 0 atom stereocenters. The molecule has 0 saturated heterocycles. The Kier molecular flexibility index (Phi) is 3.40. The lowest BCUT2D eigenvalue weighted by molar-refractivity contribution is -0.149. The third kappa shape index (κ3) is 2.51. The van der Waals surface area contributed by atoms with E-state index in [0.717, 1.165) is 5.56 Å². The Bertz CT molecular complexity index is 670. The first kappa shape index (κ1) is 13.3. The lowest BCUT2D eigenvalue weighted by atomic mass is 9.95. The minimum Gasteiger partial charge on any atom is -0.480 e. The first-order valence-corrected chi connectivity index (χ1v) is 5.80. The minimum atomic E-state index is -1.66. The number of carboxylic acid groups (broad SMARTS) is 2. The molecule has 0 spiro atoms. The standard InChI is InChI=1S/C13H10ClNO4/c1-6-2-3-9-7(4-6)8(5-10(14)15-9)11(12(16)17)13(18)19/h2-5,11H,1H3,(H,16,17)(H,18,19). The van der Waals surface area contributed by atoms with E-state index >= 15 is 0 Å². The Labute approximate surface area is 113 Å². The van der Waals surface area contributed by atoms with Crippen molar-refractivity contribution in [2.45, 2.75) is 12.8 Å². The van der Waals surface area contributed by atoms with Crippen LogP contribution >= 0.6 is 11.6 Å². The van der Waals surface area contributed by atoms with Gasteiger partial charge in [-0.2, -0.15) is 0 Å². The highest BCUT2D eigenvalue weighted by Crippen LogP contribution is 2.28. The highest BCUT2D eigenvalue weighted by atomic mass is 35.5. The summed E-state index contributed by atoms with van der Waals surface area (Å²) in [6, 6.07) is 6.47. The highest BCUT2D eigenvalue weighted by Gasteiger charge is 2.30. The molecule has 0 radical (unpaired) electrons. The second-order valence-electron chi connectivity index (χ2n) is 4.16. The Morgan fingerprint density at radius 3 is 2.42 bits per heavy atom. The van der Waals surface area contributed by atoms with Gasteiger partial charge in [-0.1, -0.05) is 23.2 Å². The van der Waals surface area contributed by atoms with E-state index in [-0.39, 0.29) is 10.7 Å². The zero-order chi connectivity index (χ0) is 14.2. The molecule has 0 saturated carbocycles. The van der Waals surface area contributed by atoms with Gasteiger partial charge in [0.25, 0.3) is 0 Å². The quantitative estimate of drug-likeness (QED) is 0.665. The number of fused-ring (bicyclic) bond motifs is 1. The number of hydrogen-bond donors (Lipinski definition) is 2. The molecule has 98 valence electrons. The number of aryl methyl sites for hydroxylation is 1. The fraction of sp³-hybridized carbons (Fsp3) is 0.154. The van der Waals surface area contributed by atoms with Crippen LogP contribution in [-0.2, 0) is 9.59 Å². The maximum Gasteiger partial charge on any atom is 0.322 e. The smallest absolute Gasteiger partial charge is 0.322 e. The number of aliphatic carboxylic acids is 2. The average Bonchev–Trinajstić information content (AvgIpc) is 2.29. The summed E-state index contributed by atoms with van der Waals surface area (Å²) in [6.45, 7) is 1.83. The third-order valence-electron chi connectivity index (χ3n) is 2.77. The van der Waals surface area contributed by atoms with Crippen LogP contribution in [-0.4, -0.2) is 27.1 Å². The van der Waals surface area contributed by atoms with E-state index in [0.29, 0.717) is 10.9 Å². The van der Waals surface area contributed by atoms with Crippen molar-refractivity contribution in [1.82, 2.24) is 4.98 Å². The Morgan fingerprint density at radius 2 is 1.84 bits per heavy atom. The van der Waals surface area contributed by atoms with Gasteiger partial charge in [-0.25, -0.2) is 4.98 Å². The third-order valence-corrected chi connectivity index (χ3v) is 2.96. The van der Waals surface area contributed by atoms with Gasteiger partial charge >= 0.3 is 11.9 Å². The van der Waals surface area contributed by atoms with Crippen molar-refractivity contribution in [1.29, 1.82) is 0 Å². The van der Waals surface area contributed by atoms with E-state index in [1.807, 2.05) is 6.92 Å². The molecule has 0 aliphatic rings. The van der Waals surface area contributed by atoms with Crippen molar-refractivity contribution in [2.24, 2.45) is 0 Å². The van der Waals surface area contributed by atoms with Crippen LogP contribution in [0.2, 0.25) is 5.15 Å². The number of nitrogens with zero attached hydrogens (tertiary/aromatic N) is 1. The van der Waals surface area contributed by atoms with Crippen LogP contribution in [0.4, 0.5) is 0 Å². The van der Waals surface area contributed by atoms with Gasteiger partial charge in [-0.15, -0.1) is 0 Å². The Balaban J connectivity index is 2.80. The molecule has 1 heterocycles. The van der Waals surface area contributed by atoms with E-state index in [1.165, 1.54) is 6.07 Å². The Hall–Kier alpha value is -2.14. The molecule has 1 aromatic carbocycles. The van der Waals surface area contributed by atoms with Gasteiger partial charge in [-0.3, -0.25) is 9.59 Å². The van der Waals surface area contributed by atoms with Crippen molar-refractivity contribution in [3.8, 4) is 0 Å². The van der Waals surface area contributed by atoms with Crippen LogP contribution in [0.3, 0.4) is 0 Å². The molecule has 2 aromatic rings. The van der Waals surface area contributed by atoms with Crippen LogP contribution < -0.4 is 0 Å². The van der Waals surface area contributed by atoms with Gasteiger partial charge in [0.1, 0.15) is 5.15 Å². The molecule has 5 nitrogen and oxygen atoms in total. The molecule has 2 rings (SSSR count). The zero-order valence-electron chi connectivity index (χ0n) is 9.92. The predicted octanol–water partition coefficient (Wildman–Crippen LogP) is 2.45. The molecule has 0 fully saturated rings. The lowest BCUT2D eigenvalue weighted by Gasteiger charge is -2.12. The summed E-state index contributed by atoms with van der Waals surface area (Å²) in [5.41, 5.74) is 1.49. The predicted molar refractivity (Wildman–Crippen MR) is 69.5 cm³/mol. The van der Waals surface area contributed by atoms with E-state index in [1.54, 1.807) is 18.2 Å². The van der Waals surface area contributed by atoms with E-state index in [4.69, 9.17) is 21.8 Å². The number of carbonyl (C=O) groups is 2. The van der Waals surface area contributed by atoms with Crippen LogP contribution in [0.5, 0.6) is 0 Å². The fourth-order valence-electron chi connectivity index (χ4n) is 1.94. The van der Waals surface area contributed by atoms with Crippen LogP contribution in [0.1, 0.15) is 17.0 Å². The normalized spacial score (nSPS) is 10.9. The summed E-state index contributed by atoms with van der Waals surface area (Å²) in [5, 5.41) is 18.7. The summed E-state index contributed by atoms with van der Waals surface area (Å²) in [7, 11) is 0. The maximum absolute atomic E-state index is 11.1. The van der Waals surface area contributed by atoms with Gasteiger partial charge in [0.05, 0.1) is 5.52 Å². The number of carboxylic acids is 2. The summed E-state index contributed by atoms with van der Waals surface area (Å²) in [5.74, 6) is -4.53. The van der Waals surface area contributed by atoms with Crippen LogP contribution in [0, 0.1) is 6.92 Å². The minimum absolute atomic E-state index is 0.0684. The molecule has 0 unspecified atom stereocenters. The van der Waals surface area contributed by atoms with Crippen LogP contribution in [0.25, 0.3) is 10.9 Å². The maximum atomic E-state index is 11.1. The van der Waals surface area contributed by atoms with Gasteiger partial charge in [0.2, 0.25) is 0 Å². The van der Waals surface area contributed by atoms with E-state index in [2.05, 4.69) is 4.98 Å². The van der Waals surface area contributed by atoms with Gasteiger partial charge in [0, 0.05) is 5.39 Å². The first-order chi connectivity index (χ1) is 8.90. The number of pyridine rings is 1. The molecule has 0 amide bonds. The van der Waals surface area contributed by atoms with Gasteiger partial charge < -0.3 is 10.2 Å². The van der Waals surface area contributed by atoms with Crippen molar-refractivity contribution < 1.29 is 19.8 Å². The van der Waals surface area contributed by atoms with E-state index in [9.17, 15) is 9.59 Å². The second-order valence-corrected chi connectivity index (χ2v) is 4.55. The summed E-state index contributed by atoms with van der Waals surface area (Å²) >= 11 is 5.82. The lowest BCUT2D eigenvalue weighted by Crippen LogP contribution is -2.21. The number of rotatable bonds is 3. The summed E-state index contributed by atoms with van der Waals surface area (Å²) in [4.78, 5) is 26.3. The topological polar surface area (TPSA) is 87.5 Å². The number of aromatic nitrogens is 1. The molecule has 2 N–H and O–H groups in total. The highest BCUT2D eigenvalue weighted by molar-refractivity contribution is 6.30. The molecule has 0 aliphatic heterocycles. The molecular formula is C13H10ClNO4. The van der Waals surface area contributed by atoms with E-state index < -0.39 is 17.9 Å². The summed E-state index contributed by atoms with van der Waals surface area (Å²) in [6.07, 6.45) is 0. The van der Waals surface area contributed by atoms with Crippen LogP contribution in [0.15, 0.2) is 24.3 Å². The SMILES string of the molecule is Cc1ccc2nc(Cl)cc(C(C(=O)O)C(=O)O)c2c1. The largest absolute Gasteiger partial charge is 0.480 e. The zero-order valence-corrected chi connectivity index (χ0v) is 10.7. The number of benzene rings is 1. The molecular weight excluding hydrogens is 270 g/mol. The Morgan fingerprint density at radius 1 is 1.21 bits per heavy atom. The molecule has 0 aliphatic carbocycles. The van der Waals surface area contributed by atoms with Crippen molar-refractivity contribution in [2.75, 3.05) is 0 Å². The fourth-order valence-corrected chi connectivity index (χ4v) is 2.15. The molecule has 6 heteroatoms. The number of hydrogen-bond acceptors (Lipinski definition) is 3. The molecule has 1 aromatic heterocycles. The molecule has 0 bridgehead atoms.